The number of halogens is 2. The van der Waals surface area contributed by atoms with Crippen molar-refractivity contribution in [3.8, 4) is 5.75 Å². The van der Waals surface area contributed by atoms with Gasteiger partial charge in [-0.15, -0.1) is 0 Å². The van der Waals surface area contributed by atoms with E-state index in [0.717, 1.165) is 11.1 Å². The third-order valence-corrected chi connectivity index (χ3v) is 5.87. The first-order valence-corrected chi connectivity index (χ1v) is 10.3. The van der Waals surface area contributed by atoms with Crippen LogP contribution < -0.4 is 15.0 Å². The summed E-state index contributed by atoms with van der Waals surface area (Å²) >= 11 is 0. The Hall–Kier alpha value is -3.49. The maximum Gasteiger partial charge on any atom is 0.313 e. The fourth-order valence-electron chi connectivity index (χ4n) is 4.26. The van der Waals surface area contributed by atoms with E-state index >= 15 is 0 Å². The standard InChI is InChI=1S/C23H23F2N3O4/c1-13-12-27(17-10-19(24)21(32-2)20(25)11-17)5-6-28(13)23(31)22(30)26-16-4-3-14-8-18(29)9-15(14)7-16/h3-4,7,10-11,13H,5-6,8-9,12H2,1-2H3,(H,26,30)/t13-/m1/s1. The number of anilines is 2. The maximum absolute atomic E-state index is 14.1. The SMILES string of the molecule is COc1c(F)cc(N2CCN(C(=O)C(=O)Nc3ccc4c(c3)CC(=O)C4)[C@H](C)C2)cc1F. The van der Waals surface area contributed by atoms with Crippen molar-refractivity contribution in [1.29, 1.82) is 0 Å². The summed E-state index contributed by atoms with van der Waals surface area (Å²) in [6, 6.07) is 7.22. The predicted molar refractivity (Wildman–Crippen MR) is 114 cm³/mol. The quantitative estimate of drug-likeness (QED) is 0.737. The van der Waals surface area contributed by atoms with Crippen LogP contribution in [0, 0.1) is 11.6 Å². The Labute approximate surface area is 183 Å². The van der Waals surface area contributed by atoms with Gasteiger partial charge in [-0.05, 0) is 30.2 Å². The minimum absolute atomic E-state index is 0.128. The Bertz CT molecular complexity index is 1080. The van der Waals surface area contributed by atoms with E-state index in [4.69, 9.17) is 4.74 Å². The number of ketones is 1. The predicted octanol–water partition coefficient (Wildman–Crippen LogP) is 2.32. The number of hydrogen-bond acceptors (Lipinski definition) is 5. The molecule has 9 heteroatoms. The Balaban J connectivity index is 1.40. The van der Waals surface area contributed by atoms with Crippen LogP contribution in [0.4, 0.5) is 20.2 Å². The van der Waals surface area contributed by atoms with Crippen molar-refractivity contribution in [2.24, 2.45) is 0 Å². The lowest BCUT2D eigenvalue weighted by Crippen LogP contribution is -2.56. The van der Waals surface area contributed by atoms with Gasteiger partial charge >= 0.3 is 11.8 Å². The Kier molecular flexibility index (Phi) is 5.82. The van der Waals surface area contributed by atoms with Crippen molar-refractivity contribution in [2.75, 3.05) is 37.0 Å². The summed E-state index contributed by atoms with van der Waals surface area (Å²) in [5.41, 5.74) is 2.61. The second kappa shape index (κ2) is 8.57. The highest BCUT2D eigenvalue weighted by Gasteiger charge is 2.32. The van der Waals surface area contributed by atoms with Gasteiger partial charge in [0.15, 0.2) is 17.4 Å². The van der Waals surface area contributed by atoms with E-state index in [1.165, 1.54) is 24.1 Å². The fourth-order valence-corrected chi connectivity index (χ4v) is 4.26. The first-order chi connectivity index (χ1) is 15.3. The number of Topliss-reactive ketones (excluding diaryl/α,β-unsaturated/α-hetero) is 1. The van der Waals surface area contributed by atoms with E-state index in [1.54, 1.807) is 30.0 Å². The molecule has 2 aromatic rings. The first kappa shape index (κ1) is 21.7. The molecule has 1 aliphatic heterocycles. The normalized spacial score (nSPS) is 17.9. The number of ether oxygens (including phenoxy) is 1. The summed E-state index contributed by atoms with van der Waals surface area (Å²) in [6.07, 6.45) is 0.727. The summed E-state index contributed by atoms with van der Waals surface area (Å²) in [5, 5.41) is 2.61. The van der Waals surface area contributed by atoms with Crippen molar-refractivity contribution < 1.29 is 27.9 Å². The number of piperazine rings is 1. The van der Waals surface area contributed by atoms with Crippen LogP contribution >= 0.6 is 0 Å². The summed E-state index contributed by atoms with van der Waals surface area (Å²) in [6.45, 7) is 2.62. The van der Waals surface area contributed by atoms with Crippen LogP contribution in [0.25, 0.3) is 0 Å². The molecular weight excluding hydrogens is 420 g/mol. The van der Waals surface area contributed by atoms with Gasteiger partial charge in [0.1, 0.15) is 5.78 Å². The number of nitrogens with one attached hydrogen (secondary N) is 1. The molecule has 4 rings (SSSR count). The van der Waals surface area contributed by atoms with Crippen LogP contribution in [-0.2, 0) is 27.2 Å². The van der Waals surface area contributed by atoms with E-state index in [-0.39, 0.29) is 18.4 Å². The second-order valence-electron chi connectivity index (χ2n) is 8.07. The molecule has 2 amide bonds. The molecule has 0 saturated carbocycles. The van der Waals surface area contributed by atoms with E-state index < -0.39 is 29.2 Å². The highest BCUT2D eigenvalue weighted by molar-refractivity contribution is 6.39. The van der Waals surface area contributed by atoms with Crippen LogP contribution in [0.5, 0.6) is 5.75 Å². The number of benzene rings is 2. The van der Waals surface area contributed by atoms with Crippen molar-refractivity contribution in [1.82, 2.24) is 4.90 Å². The Morgan fingerprint density at radius 2 is 1.75 bits per heavy atom. The molecule has 7 nitrogen and oxygen atoms in total. The zero-order chi connectivity index (χ0) is 23.0. The number of methoxy groups -OCH3 is 1. The van der Waals surface area contributed by atoms with Gasteiger partial charge in [-0.3, -0.25) is 14.4 Å². The molecule has 1 heterocycles. The van der Waals surface area contributed by atoms with Crippen LogP contribution in [0.15, 0.2) is 30.3 Å². The molecule has 168 valence electrons. The average molecular weight is 443 g/mol. The van der Waals surface area contributed by atoms with E-state index in [9.17, 15) is 23.2 Å². The zero-order valence-electron chi connectivity index (χ0n) is 17.8. The fraction of sp³-hybridized carbons (Fsp3) is 0.348. The molecule has 0 radical (unpaired) electrons. The number of rotatable bonds is 3. The van der Waals surface area contributed by atoms with E-state index in [1.807, 2.05) is 0 Å². The van der Waals surface area contributed by atoms with Crippen molar-refractivity contribution in [3.63, 3.8) is 0 Å². The molecule has 0 aromatic heterocycles. The summed E-state index contributed by atoms with van der Waals surface area (Å²) < 4.78 is 32.8. The minimum atomic E-state index is -0.802. The second-order valence-corrected chi connectivity index (χ2v) is 8.07. The monoisotopic (exact) mass is 443 g/mol. The number of carbonyl (C=O) groups is 3. The molecule has 2 aliphatic rings. The zero-order valence-corrected chi connectivity index (χ0v) is 17.8. The molecule has 1 atom stereocenters. The van der Waals surface area contributed by atoms with Crippen LogP contribution in [-0.4, -0.2) is 55.3 Å². The van der Waals surface area contributed by atoms with E-state index in [0.29, 0.717) is 37.3 Å². The molecule has 2 aromatic carbocycles. The van der Waals surface area contributed by atoms with Crippen molar-refractivity contribution in [2.45, 2.75) is 25.8 Å². The van der Waals surface area contributed by atoms with Gasteiger partial charge in [-0.25, -0.2) is 8.78 Å². The van der Waals surface area contributed by atoms with Gasteiger partial charge in [0, 0.05) is 62.0 Å². The number of carbonyl (C=O) groups excluding carboxylic acids is 3. The number of fused-ring (bicyclic) bond motifs is 1. The number of hydrogen-bond donors (Lipinski definition) is 1. The van der Waals surface area contributed by atoms with Gasteiger partial charge in [-0.2, -0.15) is 0 Å². The van der Waals surface area contributed by atoms with Gasteiger partial charge in [0.25, 0.3) is 0 Å². The lowest BCUT2D eigenvalue weighted by atomic mass is 10.1. The van der Waals surface area contributed by atoms with Crippen molar-refractivity contribution >= 4 is 29.0 Å². The van der Waals surface area contributed by atoms with Gasteiger partial charge in [0.05, 0.1) is 7.11 Å². The van der Waals surface area contributed by atoms with Crippen LogP contribution in [0.1, 0.15) is 18.1 Å². The summed E-state index contributed by atoms with van der Waals surface area (Å²) in [4.78, 5) is 40.1. The number of amides is 2. The third kappa shape index (κ3) is 4.15. The summed E-state index contributed by atoms with van der Waals surface area (Å²) in [7, 11) is 1.20. The molecule has 0 spiro atoms. The molecule has 1 aliphatic carbocycles. The number of nitrogens with zero attached hydrogens (tertiary/aromatic N) is 2. The highest BCUT2D eigenvalue weighted by Crippen LogP contribution is 2.29. The molecule has 1 N–H and O–H groups in total. The van der Waals surface area contributed by atoms with Crippen LogP contribution in [0.2, 0.25) is 0 Å². The van der Waals surface area contributed by atoms with Crippen molar-refractivity contribution in [3.05, 3.63) is 53.1 Å². The molecule has 0 unspecified atom stereocenters. The van der Waals surface area contributed by atoms with Gasteiger partial charge in [-0.1, -0.05) is 6.07 Å². The minimum Gasteiger partial charge on any atom is -0.491 e. The van der Waals surface area contributed by atoms with Gasteiger partial charge in [0.2, 0.25) is 0 Å². The largest absolute Gasteiger partial charge is 0.491 e. The average Bonchev–Trinajstić information content (AvgIpc) is 3.12. The molecule has 1 fully saturated rings. The first-order valence-electron chi connectivity index (χ1n) is 10.3. The highest BCUT2D eigenvalue weighted by atomic mass is 19.1. The molecule has 0 bridgehead atoms. The van der Waals surface area contributed by atoms with Gasteiger partial charge < -0.3 is 19.9 Å². The Morgan fingerprint density at radius 1 is 1.06 bits per heavy atom. The molecule has 1 saturated heterocycles. The molecular formula is C23H23F2N3O4. The lowest BCUT2D eigenvalue weighted by molar-refractivity contribution is -0.144. The smallest absolute Gasteiger partial charge is 0.313 e. The topological polar surface area (TPSA) is 79.0 Å². The molecule has 32 heavy (non-hydrogen) atoms. The Morgan fingerprint density at radius 3 is 2.41 bits per heavy atom. The maximum atomic E-state index is 14.1. The lowest BCUT2D eigenvalue weighted by Gasteiger charge is -2.40. The van der Waals surface area contributed by atoms with Crippen LogP contribution in [0.3, 0.4) is 0 Å². The third-order valence-electron chi connectivity index (χ3n) is 5.87. The van der Waals surface area contributed by atoms with E-state index in [2.05, 4.69) is 5.32 Å². The summed E-state index contributed by atoms with van der Waals surface area (Å²) in [5.74, 6) is -3.36.